The molecule has 0 spiro atoms. The topological polar surface area (TPSA) is 63.7 Å². The molecule has 8 heteroatoms. The van der Waals surface area contributed by atoms with Crippen LogP contribution in [0.25, 0.3) is 0 Å². The summed E-state index contributed by atoms with van der Waals surface area (Å²) in [5, 5.41) is 3.35. The lowest BCUT2D eigenvalue weighted by molar-refractivity contribution is 0.0231. The summed E-state index contributed by atoms with van der Waals surface area (Å²) in [4.78, 5) is 18.6. The number of benzene rings is 1. The SMILES string of the molecule is CC(C)(C)OC(=O)N1CCO[C@@H](c2ccc(Cl)c(F)c2)[C@H](CNc2ccccn2)C1. The first-order chi connectivity index (χ1) is 14.2. The smallest absolute Gasteiger partial charge is 0.410 e. The zero-order valence-electron chi connectivity index (χ0n) is 17.4. The van der Waals surface area contributed by atoms with Gasteiger partial charge >= 0.3 is 6.09 Å². The molecule has 30 heavy (non-hydrogen) atoms. The van der Waals surface area contributed by atoms with Crippen LogP contribution in [0, 0.1) is 11.7 Å². The van der Waals surface area contributed by atoms with E-state index in [-0.39, 0.29) is 10.9 Å². The maximum atomic E-state index is 14.1. The molecule has 0 radical (unpaired) electrons. The maximum absolute atomic E-state index is 14.1. The van der Waals surface area contributed by atoms with E-state index in [1.807, 2.05) is 39.0 Å². The monoisotopic (exact) mass is 435 g/mol. The molecule has 6 nitrogen and oxygen atoms in total. The lowest BCUT2D eigenvalue weighted by Gasteiger charge is -2.30. The van der Waals surface area contributed by atoms with Gasteiger partial charge in [0.05, 0.1) is 17.7 Å². The number of aromatic nitrogens is 1. The highest BCUT2D eigenvalue weighted by molar-refractivity contribution is 6.30. The Kier molecular flexibility index (Phi) is 7.15. The molecule has 1 N–H and O–H groups in total. The summed E-state index contributed by atoms with van der Waals surface area (Å²) in [5.41, 5.74) is 0.0840. The molecule has 2 aromatic rings. The number of carbonyl (C=O) groups is 1. The van der Waals surface area contributed by atoms with Crippen LogP contribution in [0.15, 0.2) is 42.6 Å². The first-order valence-corrected chi connectivity index (χ1v) is 10.3. The van der Waals surface area contributed by atoms with Crippen molar-refractivity contribution in [3.63, 3.8) is 0 Å². The van der Waals surface area contributed by atoms with Gasteiger partial charge in [0.25, 0.3) is 0 Å². The predicted octanol–water partition coefficient (Wildman–Crippen LogP) is 4.91. The fourth-order valence-corrected chi connectivity index (χ4v) is 3.44. The average Bonchev–Trinajstić information content (AvgIpc) is 2.91. The molecular weight excluding hydrogens is 409 g/mol. The second-order valence-electron chi connectivity index (χ2n) is 8.25. The molecule has 2 atom stereocenters. The standard InChI is InChI=1S/C22H27ClFN3O3/c1-22(2,3)30-21(28)27-10-11-29-20(15-7-8-17(23)18(24)12-15)16(14-27)13-26-19-6-4-5-9-25-19/h4-9,12,16,20H,10-11,13-14H2,1-3H3,(H,25,26)/t16-,20+/m1/s1. The molecule has 1 aromatic carbocycles. The number of hydrogen-bond donors (Lipinski definition) is 1. The van der Waals surface area contributed by atoms with Crippen LogP contribution in [0.1, 0.15) is 32.4 Å². The predicted molar refractivity (Wildman–Crippen MR) is 114 cm³/mol. The van der Waals surface area contributed by atoms with Crippen LogP contribution in [0.2, 0.25) is 5.02 Å². The van der Waals surface area contributed by atoms with Gasteiger partial charge in [-0.3, -0.25) is 0 Å². The minimum absolute atomic E-state index is 0.0610. The Morgan fingerprint density at radius 2 is 2.17 bits per heavy atom. The maximum Gasteiger partial charge on any atom is 0.410 e. The van der Waals surface area contributed by atoms with E-state index in [1.54, 1.807) is 17.2 Å². The number of hydrogen-bond acceptors (Lipinski definition) is 5. The molecule has 162 valence electrons. The molecule has 0 aliphatic carbocycles. The number of pyridine rings is 1. The van der Waals surface area contributed by atoms with Crippen molar-refractivity contribution in [2.45, 2.75) is 32.5 Å². The van der Waals surface area contributed by atoms with Gasteiger partial charge in [0.15, 0.2) is 0 Å². The number of nitrogens with one attached hydrogen (secondary N) is 1. The summed E-state index contributed by atoms with van der Waals surface area (Å²) in [6, 6.07) is 10.3. The van der Waals surface area contributed by atoms with Gasteiger partial charge in [0.1, 0.15) is 17.2 Å². The van der Waals surface area contributed by atoms with Gasteiger partial charge in [0.2, 0.25) is 0 Å². The Bertz CT molecular complexity index is 860. The van der Waals surface area contributed by atoms with Crippen LogP contribution < -0.4 is 5.32 Å². The third-order valence-corrected chi connectivity index (χ3v) is 4.98. The van der Waals surface area contributed by atoms with E-state index in [1.165, 1.54) is 12.1 Å². The second-order valence-corrected chi connectivity index (χ2v) is 8.65. The summed E-state index contributed by atoms with van der Waals surface area (Å²) in [5.74, 6) is 0.0525. The average molecular weight is 436 g/mol. The van der Waals surface area contributed by atoms with E-state index in [0.29, 0.717) is 37.6 Å². The fourth-order valence-electron chi connectivity index (χ4n) is 3.32. The van der Waals surface area contributed by atoms with E-state index in [9.17, 15) is 9.18 Å². The number of ether oxygens (including phenoxy) is 2. The second kappa shape index (κ2) is 9.62. The van der Waals surface area contributed by atoms with Gasteiger partial charge < -0.3 is 19.7 Å². The zero-order chi connectivity index (χ0) is 21.7. The third-order valence-electron chi connectivity index (χ3n) is 4.68. The number of amides is 1. The van der Waals surface area contributed by atoms with Gasteiger partial charge in [-0.2, -0.15) is 0 Å². The summed E-state index contributed by atoms with van der Waals surface area (Å²) in [6.45, 7) is 7.07. The summed E-state index contributed by atoms with van der Waals surface area (Å²) < 4.78 is 25.7. The van der Waals surface area contributed by atoms with E-state index < -0.39 is 23.6 Å². The summed E-state index contributed by atoms with van der Waals surface area (Å²) in [7, 11) is 0. The highest BCUT2D eigenvalue weighted by atomic mass is 35.5. The van der Waals surface area contributed by atoms with E-state index in [4.69, 9.17) is 21.1 Å². The summed E-state index contributed by atoms with van der Waals surface area (Å²) in [6.07, 6.45) is 0.891. The number of nitrogens with zero attached hydrogens (tertiary/aromatic N) is 2. The van der Waals surface area contributed by atoms with Gasteiger partial charge in [-0.1, -0.05) is 23.7 Å². The van der Waals surface area contributed by atoms with Crippen LogP contribution in [-0.4, -0.2) is 47.8 Å². The van der Waals surface area contributed by atoms with E-state index in [0.717, 1.165) is 0 Å². The van der Waals surface area contributed by atoms with Crippen molar-refractivity contribution >= 4 is 23.5 Å². The Balaban J connectivity index is 1.82. The highest BCUT2D eigenvalue weighted by Crippen LogP contribution is 2.32. The van der Waals surface area contributed by atoms with Crippen molar-refractivity contribution in [3.8, 4) is 0 Å². The van der Waals surface area contributed by atoms with E-state index >= 15 is 0 Å². The largest absolute Gasteiger partial charge is 0.444 e. The van der Waals surface area contributed by atoms with Crippen LogP contribution >= 0.6 is 11.6 Å². The number of halogens is 2. The lowest BCUT2D eigenvalue weighted by Crippen LogP contribution is -2.41. The molecule has 1 amide bonds. The van der Waals surface area contributed by atoms with Crippen LogP contribution in [0.5, 0.6) is 0 Å². The molecule has 0 bridgehead atoms. The molecule has 3 rings (SSSR count). The quantitative estimate of drug-likeness (QED) is 0.739. The molecular formula is C22H27ClFN3O3. The Morgan fingerprint density at radius 1 is 1.37 bits per heavy atom. The lowest BCUT2D eigenvalue weighted by atomic mass is 9.95. The van der Waals surface area contributed by atoms with Gasteiger partial charge in [-0.05, 0) is 50.6 Å². The van der Waals surface area contributed by atoms with Crippen molar-refractivity contribution in [2.24, 2.45) is 5.92 Å². The van der Waals surface area contributed by atoms with Crippen molar-refractivity contribution in [3.05, 3.63) is 59.0 Å². The number of rotatable bonds is 4. The minimum atomic E-state index is -0.593. The Hall–Kier alpha value is -2.38. The Labute approximate surface area is 181 Å². The molecule has 0 saturated carbocycles. The molecule has 2 heterocycles. The normalized spacial score (nSPS) is 19.8. The van der Waals surface area contributed by atoms with Crippen molar-refractivity contribution in [1.82, 2.24) is 9.88 Å². The van der Waals surface area contributed by atoms with Crippen LogP contribution in [0.3, 0.4) is 0 Å². The molecule has 1 aliphatic rings. The molecule has 0 unspecified atom stereocenters. The van der Waals surface area contributed by atoms with E-state index in [2.05, 4.69) is 10.3 Å². The van der Waals surface area contributed by atoms with Gasteiger partial charge in [0, 0.05) is 31.7 Å². The van der Waals surface area contributed by atoms with Gasteiger partial charge in [-0.15, -0.1) is 0 Å². The van der Waals surface area contributed by atoms with Crippen molar-refractivity contribution < 1.29 is 18.7 Å². The number of carbonyl (C=O) groups excluding carboxylic acids is 1. The Morgan fingerprint density at radius 3 is 2.83 bits per heavy atom. The zero-order valence-corrected chi connectivity index (χ0v) is 18.2. The van der Waals surface area contributed by atoms with Crippen LogP contribution in [-0.2, 0) is 9.47 Å². The first-order valence-electron chi connectivity index (χ1n) is 9.92. The fraction of sp³-hybridized carbons (Fsp3) is 0.455. The third kappa shape index (κ3) is 6.06. The van der Waals surface area contributed by atoms with Crippen molar-refractivity contribution in [2.75, 3.05) is 31.6 Å². The molecule has 1 saturated heterocycles. The molecule has 1 aromatic heterocycles. The van der Waals surface area contributed by atoms with Gasteiger partial charge in [-0.25, -0.2) is 14.2 Å². The molecule has 1 fully saturated rings. The first kappa shape index (κ1) is 22.3. The molecule has 1 aliphatic heterocycles. The van der Waals surface area contributed by atoms with Crippen molar-refractivity contribution in [1.29, 1.82) is 0 Å². The summed E-state index contributed by atoms with van der Waals surface area (Å²) >= 11 is 5.85. The number of anilines is 1. The highest BCUT2D eigenvalue weighted by Gasteiger charge is 2.33. The van der Waals surface area contributed by atoms with Crippen LogP contribution in [0.4, 0.5) is 15.0 Å². The minimum Gasteiger partial charge on any atom is -0.444 e.